The highest BCUT2D eigenvalue weighted by Gasteiger charge is 2.16. The first-order chi connectivity index (χ1) is 5.29. The van der Waals surface area contributed by atoms with E-state index in [9.17, 15) is 0 Å². The van der Waals surface area contributed by atoms with E-state index in [4.69, 9.17) is 8.85 Å². The molecule has 64 valence electrons. The maximum atomic E-state index is 5.56. The molecule has 2 nitrogen and oxygen atoms in total. The van der Waals surface area contributed by atoms with E-state index in [1.807, 2.05) is 6.92 Å². The van der Waals surface area contributed by atoms with E-state index < -0.39 is 9.28 Å². The van der Waals surface area contributed by atoms with E-state index in [0.717, 1.165) is 12.2 Å². The fourth-order valence-corrected chi connectivity index (χ4v) is 3.03. The van der Waals surface area contributed by atoms with Gasteiger partial charge in [-0.15, -0.1) is 0 Å². The lowest BCUT2D eigenvalue weighted by Gasteiger charge is -2.20. The van der Waals surface area contributed by atoms with Crippen molar-refractivity contribution in [3.8, 4) is 0 Å². The molecule has 1 fully saturated rings. The number of rotatable bonds is 3. The summed E-state index contributed by atoms with van der Waals surface area (Å²) in [6.07, 6.45) is 2.49. The molecule has 1 heterocycles. The third-order valence-electron chi connectivity index (χ3n) is 1.65. The number of hydrogen-bond donors (Lipinski definition) is 0. The topological polar surface area (TPSA) is 18.5 Å². The minimum Gasteiger partial charge on any atom is -0.397 e. The van der Waals surface area contributed by atoms with Crippen LogP contribution in [0, 0.1) is 0 Å². The molecule has 0 bridgehead atoms. The molecule has 0 aromatic carbocycles. The Kier molecular flexibility index (Phi) is 3.83. The molecule has 1 aliphatic rings. The highest BCUT2D eigenvalue weighted by atomic mass is 28.3. The first-order valence-corrected chi connectivity index (χ1v) is 5.92. The van der Waals surface area contributed by atoms with Gasteiger partial charge in [0.2, 0.25) is 0 Å². The van der Waals surface area contributed by atoms with E-state index in [0.29, 0.717) is 6.61 Å². The lowest BCUT2D eigenvalue weighted by molar-refractivity contribution is 0.188. The van der Waals surface area contributed by atoms with Gasteiger partial charge in [0.25, 0.3) is 0 Å². The summed E-state index contributed by atoms with van der Waals surface area (Å²) in [5.74, 6) is 0. The van der Waals surface area contributed by atoms with Gasteiger partial charge in [-0.2, -0.15) is 0 Å². The molecule has 0 saturated carbocycles. The van der Waals surface area contributed by atoms with Crippen molar-refractivity contribution in [1.82, 2.24) is 0 Å². The van der Waals surface area contributed by atoms with Crippen molar-refractivity contribution in [2.24, 2.45) is 0 Å². The fraction of sp³-hybridized carbons (Fsp3) is 0.750. The van der Waals surface area contributed by atoms with Crippen LogP contribution in [0.4, 0.5) is 0 Å². The van der Waals surface area contributed by atoms with Gasteiger partial charge in [-0.3, -0.25) is 0 Å². The standard InChI is InChI=1S/C8H16O2Si/c1-8(2)7-10-11-6-4-3-5-9-11/h11H,1,3-7H2,2H3. The van der Waals surface area contributed by atoms with Gasteiger partial charge in [-0.1, -0.05) is 12.2 Å². The van der Waals surface area contributed by atoms with Crippen molar-refractivity contribution in [2.45, 2.75) is 25.8 Å². The van der Waals surface area contributed by atoms with Crippen LogP contribution in [0.25, 0.3) is 0 Å². The predicted octanol–water partition coefficient (Wildman–Crippen LogP) is 1.61. The van der Waals surface area contributed by atoms with Crippen LogP contribution in [-0.4, -0.2) is 22.5 Å². The molecule has 0 aromatic heterocycles. The van der Waals surface area contributed by atoms with Crippen LogP contribution < -0.4 is 0 Å². The van der Waals surface area contributed by atoms with Crippen molar-refractivity contribution in [3.05, 3.63) is 12.2 Å². The summed E-state index contributed by atoms with van der Waals surface area (Å²) < 4.78 is 11.1. The Morgan fingerprint density at radius 3 is 3.00 bits per heavy atom. The molecule has 0 amide bonds. The van der Waals surface area contributed by atoms with Crippen LogP contribution in [0.5, 0.6) is 0 Å². The van der Waals surface area contributed by atoms with Gasteiger partial charge in [0.15, 0.2) is 0 Å². The first-order valence-electron chi connectivity index (χ1n) is 4.16. The summed E-state index contributed by atoms with van der Waals surface area (Å²) in [5, 5.41) is 0. The molecule has 0 aliphatic carbocycles. The second kappa shape index (κ2) is 4.69. The third kappa shape index (κ3) is 3.70. The zero-order valence-electron chi connectivity index (χ0n) is 7.14. The minimum absolute atomic E-state index is 0.691. The SMILES string of the molecule is C=C(C)CO[SiH]1CCCCO1. The second-order valence-electron chi connectivity index (χ2n) is 3.06. The predicted molar refractivity (Wildman–Crippen MR) is 47.9 cm³/mol. The molecule has 1 saturated heterocycles. The molecular weight excluding hydrogens is 156 g/mol. The molecule has 1 unspecified atom stereocenters. The highest BCUT2D eigenvalue weighted by Crippen LogP contribution is 2.11. The molecule has 0 spiro atoms. The summed E-state index contributed by atoms with van der Waals surface area (Å²) >= 11 is 0. The molecule has 1 aliphatic heterocycles. The Morgan fingerprint density at radius 1 is 1.64 bits per heavy atom. The smallest absolute Gasteiger partial charge is 0.321 e. The van der Waals surface area contributed by atoms with Crippen LogP contribution in [-0.2, 0) is 8.85 Å². The Morgan fingerprint density at radius 2 is 2.45 bits per heavy atom. The Labute approximate surface area is 70.0 Å². The van der Waals surface area contributed by atoms with Crippen molar-refractivity contribution in [2.75, 3.05) is 13.2 Å². The summed E-state index contributed by atoms with van der Waals surface area (Å²) in [6, 6.07) is 1.17. The van der Waals surface area contributed by atoms with Crippen LogP contribution >= 0.6 is 0 Å². The van der Waals surface area contributed by atoms with E-state index in [2.05, 4.69) is 6.58 Å². The summed E-state index contributed by atoms with van der Waals surface area (Å²) in [7, 11) is -1.24. The van der Waals surface area contributed by atoms with Crippen molar-refractivity contribution >= 4 is 9.28 Å². The number of hydrogen-bond acceptors (Lipinski definition) is 2. The molecule has 1 rings (SSSR count). The minimum atomic E-state index is -1.24. The molecule has 0 N–H and O–H groups in total. The molecule has 11 heavy (non-hydrogen) atoms. The van der Waals surface area contributed by atoms with Crippen LogP contribution in [0.2, 0.25) is 6.04 Å². The van der Waals surface area contributed by atoms with E-state index in [1.54, 1.807) is 0 Å². The van der Waals surface area contributed by atoms with E-state index >= 15 is 0 Å². The maximum Gasteiger partial charge on any atom is 0.321 e. The normalized spacial score (nSPS) is 25.0. The monoisotopic (exact) mass is 172 g/mol. The highest BCUT2D eigenvalue weighted by molar-refractivity contribution is 6.44. The second-order valence-corrected chi connectivity index (χ2v) is 5.17. The van der Waals surface area contributed by atoms with Gasteiger partial charge >= 0.3 is 9.28 Å². The molecule has 0 radical (unpaired) electrons. The quantitative estimate of drug-likeness (QED) is 0.475. The Hall–Kier alpha value is -0.123. The summed E-state index contributed by atoms with van der Waals surface area (Å²) in [6.45, 7) is 7.37. The average Bonchev–Trinajstić information content (AvgIpc) is 2.03. The molecule has 1 atom stereocenters. The fourth-order valence-electron chi connectivity index (χ4n) is 1.08. The average molecular weight is 172 g/mol. The molecule has 0 aromatic rings. The Balaban J connectivity index is 2.09. The van der Waals surface area contributed by atoms with Crippen LogP contribution in [0.3, 0.4) is 0 Å². The lowest BCUT2D eigenvalue weighted by atomic mass is 10.4. The van der Waals surface area contributed by atoms with Crippen LogP contribution in [0.1, 0.15) is 19.8 Å². The van der Waals surface area contributed by atoms with Crippen LogP contribution in [0.15, 0.2) is 12.2 Å². The van der Waals surface area contributed by atoms with Crippen molar-refractivity contribution in [1.29, 1.82) is 0 Å². The van der Waals surface area contributed by atoms with Gasteiger partial charge in [0, 0.05) is 6.61 Å². The van der Waals surface area contributed by atoms with E-state index in [-0.39, 0.29) is 0 Å². The summed E-state index contributed by atoms with van der Waals surface area (Å²) in [4.78, 5) is 0. The van der Waals surface area contributed by atoms with Gasteiger partial charge in [0.1, 0.15) is 0 Å². The van der Waals surface area contributed by atoms with Crippen molar-refractivity contribution < 1.29 is 8.85 Å². The summed E-state index contributed by atoms with van der Waals surface area (Å²) in [5.41, 5.74) is 1.09. The first kappa shape index (κ1) is 8.97. The molecular formula is C8H16O2Si. The zero-order chi connectivity index (χ0) is 8.10. The Bertz CT molecular complexity index is 130. The van der Waals surface area contributed by atoms with Crippen molar-refractivity contribution in [3.63, 3.8) is 0 Å². The van der Waals surface area contributed by atoms with Gasteiger partial charge < -0.3 is 8.85 Å². The van der Waals surface area contributed by atoms with Gasteiger partial charge in [-0.05, 0) is 25.8 Å². The zero-order valence-corrected chi connectivity index (χ0v) is 8.29. The largest absolute Gasteiger partial charge is 0.397 e. The van der Waals surface area contributed by atoms with Gasteiger partial charge in [-0.25, -0.2) is 0 Å². The third-order valence-corrected chi connectivity index (χ3v) is 3.68. The molecule has 3 heteroatoms. The maximum absolute atomic E-state index is 5.56. The lowest BCUT2D eigenvalue weighted by Crippen LogP contribution is -2.27. The van der Waals surface area contributed by atoms with Gasteiger partial charge in [0.05, 0.1) is 6.61 Å². The van der Waals surface area contributed by atoms with E-state index in [1.165, 1.54) is 18.9 Å².